The highest BCUT2D eigenvalue weighted by Gasteiger charge is 2.29. The quantitative estimate of drug-likeness (QED) is 0.814. The van der Waals surface area contributed by atoms with Crippen LogP contribution in [0.25, 0.3) is 0 Å². The molecule has 2 aliphatic rings. The van der Waals surface area contributed by atoms with Crippen molar-refractivity contribution >= 4 is 28.2 Å². The third kappa shape index (κ3) is 4.23. The lowest BCUT2D eigenvalue weighted by Crippen LogP contribution is -2.42. The molecule has 0 bridgehead atoms. The van der Waals surface area contributed by atoms with Gasteiger partial charge in [-0.2, -0.15) is 0 Å². The Bertz CT molecular complexity index is 645. The van der Waals surface area contributed by atoms with Gasteiger partial charge in [0.05, 0.1) is 18.7 Å². The van der Waals surface area contributed by atoms with Crippen LogP contribution < -0.4 is 5.32 Å². The Morgan fingerprint density at radius 1 is 1.24 bits per heavy atom. The fourth-order valence-corrected chi connectivity index (χ4v) is 5.50. The molecule has 3 rings (SSSR count). The van der Waals surface area contributed by atoms with Crippen molar-refractivity contribution in [3.8, 4) is 0 Å². The van der Waals surface area contributed by atoms with Crippen LogP contribution in [0.2, 0.25) is 0 Å². The van der Waals surface area contributed by atoms with Gasteiger partial charge in [-0.15, -0.1) is 11.3 Å². The number of fused-ring (bicyclic) bond motifs is 1. The predicted octanol–water partition coefficient (Wildman–Crippen LogP) is 3.33. The van der Waals surface area contributed by atoms with Crippen LogP contribution >= 0.6 is 11.3 Å². The Morgan fingerprint density at radius 2 is 1.96 bits per heavy atom. The molecule has 1 aliphatic heterocycles. The third-order valence-corrected chi connectivity index (χ3v) is 6.17. The van der Waals surface area contributed by atoms with Gasteiger partial charge in [-0.25, -0.2) is 4.79 Å². The second kappa shape index (κ2) is 7.87. The minimum atomic E-state index is -0.308. The second-order valence-electron chi connectivity index (χ2n) is 7.47. The molecule has 2 heterocycles. The zero-order chi connectivity index (χ0) is 18.0. The summed E-state index contributed by atoms with van der Waals surface area (Å²) in [5, 5.41) is 3.67. The Hall–Kier alpha value is -1.40. The summed E-state index contributed by atoms with van der Waals surface area (Å²) in [5.41, 5.74) is 1.67. The number of piperidine rings is 1. The van der Waals surface area contributed by atoms with Gasteiger partial charge in [-0.1, -0.05) is 13.8 Å². The van der Waals surface area contributed by atoms with E-state index >= 15 is 0 Å². The van der Waals surface area contributed by atoms with Gasteiger partial charge in [-0.05, 0) is 50.0 Å². The molecule has 0 spiro atoms. The van der Waals surface area contributed by atoms with E-state index in [9.17, 15) is 9.59 Å². The summed E-state index contributed by atoms with van der Waals surface area (Å²) in [6.45, 7) is 8.95. The number of aryl methyl sites for hydroxylation is 1. The van der Waals surface area contributed by atoms with Crippen LogP contribution in [-0.4, -0.2) is 43.0 Å². The van der Waals surface area contributed by atoms with Gasteiger partial charge in [0.2, 0.25) is 5.91 Å². The highest BCUT2D eigenvalue weighted by Crippen LogP contribution is 2.39. The number of rotatable bonds is 5. The number of carbonyl (C=O) groups excluding carboxylic acids is 2. The lowest BCUT2D eigenvalue weighted by Gasteiger charge is -2.34. The maximum Gasteiger partial charge on any atom is 0.341 e. The molecule has 0 aromatic carbocycles. The van der Waals surface area contributed by atoms with Crippen molar-refractivity contribution in [3.63, 3.8) is 0 Å². The molecule has 0 radical (unpaired) electrons. The van der Waals surface area contributed by atoms with E-state index in [4.69, 9.17) is 4.74 Å². The minimum Gasteiger partial charge on any atom is -0.462 e. The van der Waals surface area contributed by atoms with Gasteiger partial charge >= 0.3 is 5.97 Å². The summed E-state index contributed by atoms with van der Waals surface area (Å²) in [5.74, 6) is 0.901. The van der Waals surface area contributed by atoms with E-state index in [1.165, 1.54) is 11.3 Å². The molecule has 2 atom stereocenters. The van der Waals surface area contributed by atoms with Gasteiger partial charge in [0.25, 0.3) is 0 Å². The van der Waals surface area contributed by atoms with Crippen molar-refractivity contribution in [2.24, 2.45) is 11.8 Å². The molecule has 1 N–H and O–H groups in total. The van der Waals surface area contributed by atoms with Crippen LogP contribution in [-0.2, 0) is 22.4 Å². The zero-order valence-corrected chi connectivity index (χ0v) is 16.2. The number of ether oxygens (including phenoxy) is 1. The lowest BCUT2D eigenvalue weighted by molar-refractivity contribution is -0.117. The number of hydrogen-bond donors (Lipinski definition) is 1. The normalized spacial score (nSPS) is 23.3. The fourth-order valence-electron chi connectivity index (χ4n) is 4.20. The van der Waals surface area contributed by atoms with E-state index < -0.39 is 0 Å². The standard InChI is InChI=1S/C19H28N2O3S/c1-4-24-19(23)17-14-6-5-7-15(14)25-18(17)20-16(22)11-21-9-12(2)8-13(3)10-21/h12-13H,4-11H2,1-3H3,(H,20,22). The first-order valence-corrected chi connectivity index (χ1v) is 10.1. The van der Waals surface area contributed by atoms with Crippen LogP contribution in [0.3, 0.4) is 0 Å². The Labute approximate surface area is 153 Å². The number of amides is 1. The molecule has 1 aromatic heterocycles. The smallest absolute Gasteiger partial charge is 0.341 e. The molecule has 1 amide bonds. The number of nitrogens with zero attached hydrogens (tertiary/aromatic N) is 1. The second-order valence-corrected chi connectivity index (χ2v) is 8.58. The molecule has 1 fully saturated rings. The first kappa shape index (κ1) is 18.4. The number of nitrogens with one attached hydrogen (secondary N) is 1. The highest BCUT2D eigenvalue weighted by atomic mass is 32.1. The molecule has 25 heavy (non-hydrogen) atoms. The molecule has 6 heteroatoms. The monoisotopic (exact) mass is 364 g/mol. The van der Waals surface area contributed by atoms with Crippen LogP contribution in [0.4, 0.5) is 5.00 Å². The summed E-state index contributed by atoms with van der Waals surface area (Å²) in [6, 6.07) is 0. The number of likely N-dealkylation sites (tertiary alicyclic amines) is 1. The van der Waals surface area contributed by atoms with E-state index in [0.29, 0.717) is 35.6 Å². The summed E-state index contributed by atoms with van der Waals surface area (Å²) in [4.78, 5) is 28.4. The Morgan fingerprint density at radius 3 is 2.64 bits per heavy atom. The first-order chi connectivity index (χ1) is 12.0. The number of carbonyl (C=O) groups is 2. The van der Waals surface area contributed by atoms with Gasteiger partial charge < -0.3 is 10.1 Å². The van der Waals surface area contributed by atoms with Crippen LogP contribution in [0.5, 0.6) is 0 Å². The SMILES string of the molecule is CCOC(=O)c1c(NC(=O)CN2CC(C)CC(C)C2)sc2c1CCC2. The van der Waals surface area contributed by atoms with Gasteiger partial charge in [-0.3, -0.25) is 9.69 Å². The van der Waals surface area contributed by atoms with Crippen LogP contribution in [0.15, 0.2) is 0 Å². The van der Waals surface area contributed by atoms with Crippen molar-refractivity contribution in [2.75, 3.05) is 31.6 Å². The number of hydrogen-bond acceptors (Lipinski definition) is 5. The van der Waals surface area contributed by atoms with Crippen molar-refractivity contribution in [3.05, 3.63) is 16.0 Å². The first-order valence-electron chi connectivity index (χ1n) is 9.31. The van der Waals surface area contributed by atoms with Crippen molar-refractivity contribution < 1.29 is 14.3 Å². The molecule has 138 valence electrons. The van der Waals surface area contributed by atoms with E-state index in [2.05, 4.69) is 24.1 Å². The molecular weight excluding hydrogens is 336 g/mol. The predicted molar refractivity (Wildman–Crippen MR) is 100 cm³/mol. The summed E-state index contributed by atoms with van der Waals surface area (Å²) >= 11 is 1.54. The number of esters is 1. The lowest BCUT2D eigenvalue weighted by atomic mass is 9.92. The molecule has 1 saturated heterocycles. The largest absolute Gasteiger partial charge is 0.462 e. The molecule has 1 aromatic rings. The fraction of sp³-hybridized carbons (Fsp3) is 0.684. The zero-order valence-electron chi connectivity index (χ0n) is 15.4. The maximum atomic E-state index is 12.6. The van der Waals surface area contributed by atoms with E-state index in [1.54, 1.807) is 18.3 Å². The van der Waals surface area contributed by atoms with Gasteiger partial charge in [0, 0.05) is 18.0 Å². The summed E-state index contributed by atoms with van der Waals surface area (Å²) in [7, 11) is 0. The average Bonchev–Trinajstić information content (AvgIpc) is 3.06. The summed E-state index contributed by atoms with van der Waals surface area (Å²) < 4.78 is 5.22. The number of thiophene rings is 1. The van der Waals surface area contributed by atoms with E-state index in [0.717, 1.165) is 37.9 Å². The minimum absolute atomic E-state index is 0.0354. The average molecular weight is 365 g/mol. The molecule has 1 aliphatic carbocycles. The Balaban J connectivity index is 1.70. The number of anilines is 1. The van der Waals surface area contributed by atoms with Crippen LogP contribution in [0, 0.1) is 11.8 Å². The van der Waals surface area contributed by atoms with Crippen molar-refractivity contribution in [2.45, 2.75) is 46.5 Å². The third-order valence-electron chi connectivity index (χ3n) is 4.97. The molecule has 5 nitrogen and oxygen atoms in total. The van der Waals surface area contributed by atoms with Crippen LogP contribution in [0.1, 0.15) is 54.4 Å². The molecule has 0 saturated carbocycles. The topological polar surface area (TPSA) is 58.6 Å². The highest BCUT2D eigenvalue weighted by molar-refractivity contribution is 7.17. The molecule has 2 unspecified atom stereocenters. The summed E-state index contributed by atoms with van der Waals surface area (Å²) in [6.07, 6.45) is 4.19. The Kier molecular flexibility index (Phi) is 5.79. The van der Waals surface area contributed by atoms with Gasteiger partial charge in [0.1, 0.15) is 5.00 Å². The van der Waals surface area contributed by atoms with Crippen molar-refractivity contribution in [1.82, 2.24) is 4.90 Å². The van der Waals surface area contributed by atoms with Crippen molar-refractivity contribution in [1.29, 1.82) is 0 Å². The maximum absolute atomic E-state index is 12.6. The molecular formula is C19H28N2O3S. The van der Waals surface area contributed by atoms with E-state index in [1.807, 2.05) is 0 Å². The van der Waals surface area contributed by atoms with Gasteiger partial charge in [0.15, 0.2) is 0 Å². The van der Waals surface area contributed by atoms with E-state index in [-0.39, 0.29) is 11.9 Å².